The summed E-state index contributed by atoms with van der Waals surface area (Å²) in [5, 5.41) is 7.63. The first-order chi connectivity index (χ1) is 11.7. The maximum absolute atomic E-state index is 12.7. The van der Waals surface area contributed by atoms with Crippen LogP contribution in [0.15, 0.2) is 6.20 Å². The van der Waals surface area contributed by atoms with E-state index >= 15 is 0 Å². The van der Waals surface area contributed by atoms with Gasteiger partial charge in [-0.2, -0.15) is 5.10 Å². The summed E-state index contributed by atoms with van der Waals surface area (Å²) < 4.78 is 1.95. The van der Waals surface area contributed by atoms with Crippen molar-refractivity contribution in [3.63, 3.8) is 0 Å². The van der Waals surface area contributed by atoms with Gasteiger partial charge in [0, 0.05) is 50.5 Å². The van der Waals surface area contributed by atoms with Gasteiger partial charge in [0.15, 0.2) is 0 Å². The van der Waals surface area contributed by atoms with E-state index in [4.69, 9.17) is 0 Å². The molecular weight excluding hydrogens is 302 g/mol. The zero-order valence-electron chi connectivity index (χ0n) is 14.7. The molecule has 2 aliphatic carbocycles. The summed E-state index contributed by atoms with van der Waals surface area (Å²) in [6, 6.07) is 0.997. The molecule has 6 heteroatoms. The van der Waals surface area contributed by atoms with E-state index in [0.717, 1.165) is 51.5 Å². The highest BCUT2D eigenvalue weighted by Crippen LogP contribution is 2.29. The van der Waals surface area contributed by atoms with Crippen LogP contribution in [0, 0.1) is 0 Å². The number of amides is 2. The number of piperazine rings is 1. The third-order valence-electron chi connectivity index (χ3n) is 6.12. The fraction of sp³-hybridized carbons (Fsp3) is 0.778. The minimum atomic E-state index is 0.0998. The number of fused-ring (bicyclic) bond motifs is 1. The molecule has 1 aromatic heterocycles. The molecule has 0 radical (unpaired) electrons. The summed E-state index contributed by atoms with van der Waals surface area (Å²) >= 11 is 0. The van der Waals surface area contributed by atoms with Gasteiger partial charge in [-0.05, 0) is 32.1 Å². The average Bonchev–Trinajstić information content (AvgIpc) is 3.26. The Hall–Kier alpha value is -1.56. The van der Waals surface area contributed by atoms with Crippen LogP contribution in [0.4, 0.5) is 4.79 Å². The minimum Gasteiger partial charge on any atom is -0.331 e. The Kier molecular flexibility index (Phi) is 4.48. The number of nitrogens with zero attached hydrogens (tertiary/aromatic N) is 4. The van der Waals surface area contributed by atoms with Crippen molar-refractivity contribution in [2.45, 2.75) is 57.0 Å². The van der Waals surface area contributed by atoms with Crippen LogP contribution in [0.1, 0.15) is 55.8 Å². The van der Waals surface area contributed by atoms with Gasteiger partial charge in [0.1, 0.15) is 0 Å². The molecule has 132 valence electrons. The lowest BCUT2D eigenvalue weighted by molar-refractivity contribution is 0.108. The molecule has 0 spiro atoms. The molecule has 2 heterocycles. The monoisotopic (exact) mass is 331 g/mol. The Labute approximate surface area is 144 Å². The van der Waals surface area contributed by atoms with Gasteiger partial charge in [0.2, 0.25) is 0 Å². The summed E-state index contributed by atoms with van der Waals surface area (Å²) in [4.78, 5) is 17.3. The summed E-state index contributed by atoms with van der Waals surface area (Å²) in [5.41, 5.74) is 2.49. The third kappa shape index (κ3) is 3.04. The van der Waals surface area contributed by atoms with Gasteiger partial charge in [-0.3, -0.25) is 9.58 Å². The van der Waals surface area contributed by atoms with Gasteiger partial charge in [-0.1, -0.05) is 12.8 Å². The summed E-state index contributed by atoms with van der Waals surface area (Å²) in [6.45, 7) is 3.77. The molecule has 2 fully saturated rings. The number of hydrogen-bond donors (Lipinski definition) is 1. The molecule has 1 aliphatic heterocycles. The summed E-state index contributed by atoms with van der Waals surface area (Å²) in [7, 11) is 1.99. The molecule has 4 rings (SSSR count). The Morgan fingerprint density at radius 1 is 1.12 bits per heavy atom. The second-order valence-electron chi connectivity index (χ2n) is 7.53. The zero-order chi connectivity index (χ0) is 16.5. The molecule has 0 bridgehead atoms. The predicted octanol–water partition coefficient (Wildman–Crippen LogP) is 2.07. The Balaban J connectivity index is 1.33. The second kappa shape index (κ2) is 6.75. The quantitative estimate of drug-likeness (QED) is 0.902. The Morgan fingerprint density at radius 2 is 1.88 bits per heavy atom. The largest absolute Gasteiger partial charge is 0.331 e. The number of aryl methyl sites for hydroxylation is 1. The first-order valence-electron chi connectivity index (χ1n) is 9.52. The van der Waals surface area contributed by atoms with E-state index in [2.05, 4.69) is 15.3 Å². The van der Waals surface area contributed by atoms with Crippen LogP contribution in [-0.4, -0.2) is 57.8 Å². The molecule has 24 heavy (non-hydrogen) atoms. The highest BCUT2D eigenvalue weighted by atomic mass is 16.2. The SMILES string of the molecule is Cn1ncc2c1CCC[C@@H]2NC(=O)N1CCN(C2CCCC2)CC1. The zero-order valence-corrected chi connectivity index (χ0v) is 14.7. The predicted molar refractivity (Wildman–Crippen MR) is 92.8 cm³/mol. The maximum Gasteiger partial charge on any atom is 0.317 e. The standard InChI is InChI=1S/C18H29N5O/c1-21-17-8-4-7-16(15(17)13-19-21)20-18(24)23-11-9-22(10-12-23)14-5-2-3-6-14/h13-14,16H,2-12H2,1H3,(H,20,24)/t16-/m0/s1. The van der Waals surface area contributed by atoms with Crippen molar-refractivity contribution in [2.75, 3.05) is 26.2 Å². The molecule has 6 nitrogen and oxygen atoms in total. The number of carbonyl (C=O) groups is 1. The van der Waals surface area contributed by atoms with Crippen molar-refractivity contribution in [3.8, 4) is 0 Å². The van der Waals surface area contributed by atoms with Crippen LogP contribution < -0.4 is 5.32 Å². The lowest BCUT2D eigenvalue weighted by Gasteiger charge is -2.38. The Morgan fingerprint density at radius 3 is 2.62 bits per heavy atom. The number of urea groups is 1. The smallest absolute Gasteiger partial charge is 0.317 e. The highest BCUT2D eigenvalue weighted by molar-refractivity contribution is 5.75. The summed E-state index contributed by atoms with van der Waals surface area (Å²) in [6.07, 6.45) is 10.6. The number of rotatable bonds is 2. The number of hydrogen-bond acceptors (Lipinski definition) is 3. The van der Waals surface area contributed by atoms with E-state index < -0.39 is 0 Å². The van der Waals surface area contributed by atoms with Crippen LogP contribution in [0.25, 0.3) is 0 Å². The van der Waals surface area contributed by atoms with Crippen LogP contribution in [0.5, 0.6) is 0 Å². The molecule has 0 unspecified atom stereocenters. The molecule has 1 saturated carbocycles. The van der Waals surface area contributed by atoms with Gasteiger partial charge in [-0.25, -0.2) is 4.79 Å². The molecule has 0 aromatic carbocycles. The van der Waals surface area contributed by atoms with Gasteiger partial charge >= 0.3 is 6.03 Å². The van der Waals surface area contributed by atoms with Gasteiger partial charge in [0.05, 0.1) is 12.2 Å². The fourth-order valence-corrected chi connectivity index (χ4v) is 4.66. The van der Waals surface area contributed by atoms with E-state index in [-0.39, 0.29) is 12.1 Å². The second-order valence-corrected chi connectivity index (χ2v) is 7.53. The lowest BCUT2D eigenvalue weighted by Crippen LogP contribution is -2.54. The first-order valence-corrected chi connectivity index (χ1v) is 9.52. The van der Waals surface area contributed by atoms with E-state index in [1.54, 1.807) is 0 Å². The van der Waals surface area contributed by atoms with Crippen molar-refractivity contribution < 1.29 is 4.79 Å². The molecule has 2 amide bonds. The topological polar surface area (TPSA) is 53.4 Å². The van der Waals surface area contributed by atoms with Crippen molar-refractivity contribution >= 4 is 6.03 Å². The van der Waals surface area contributed by atoms with Crippen LogP contribution >= 0.6 is 0 Å². The molecular formula is C18H29N5O. The van der Waals surface area contributed by atoms with Crippen LogP contribution in [0.3, 0.4) is 0 Å². The summed E-state index contributed by atoms with van der Waals surface area (Å²) in [5.74, 6) is 0. The molecule has 1 aromatic rings. The number of nitrogens with one attached hydrogen (secondary N) is 1. The molecule has 1 saturated heterocycles. The van der Waals surface area contributed by atoms with Crippen molar-refractivity contribution in [1.29, 1.82) is 0 Å². The lowest BCUT2D eigenvalue weighted by atomic mass is 9.93. The van der Waals surface area contributed by atoms with Gasteiger partial charge in [-0.15, -0.1) is 0 Å². The molecule has 1 atom stereocenters. The highest BCUT2D eigenvalue weighted by Gasteiger charge is 2.30. The Bertz CT molecular complexity index is 584. The maximum atomic E-state index is 12.7. The fourth-order valence-electron chi connectivity index (χ4n) is 4.66. The van der Waals surface area contributed by atoms with E-state index in [1.165, 1.54) is 36.9 Å². The van der Waals surface area contributed by atoms with Gasteiger partial charge < -0.3 is 10.2 Å². The minimum absolute atomic E-state index is 0.0998. The van der Waals surface area contributed by atoms with Crippen LogP contribution in [-0.2, 0) is 13.5 Å². The van der Waals surface area contributed by atoms with Crippen molar-refractivity contribution in [1.82, 2.24) is 24.9 Å². The molecule has 1 N–H and O–H groups in total. The normalized spacial score (nSPS) is 25.7. The number of aromatic nitrogens is 2. The third-order valence-corrected chi connectivity index (χ3v) is 6.12. The van der Waals surface area contributed by atoms with E-state index in [0.29, 0.717) is 0 Å². The van der Waals surface area contributed by atoms with Crippen LogP contribution in [0.2, 0.25) is 0 Å². The van der Waals surface area contributed by atoms with Gasteiger partial charge in [0.25, 0.3) is 0 Å². The van der Waals surface area contributed by atoms with Crippen molar-refractivity contribution in [2.24, 2.45) is 7.05 Å². The number of carbonyl (C=O) groups excluding carboxylic acids is 1. The van der Waals surface area contributed by atoms with Crippen molar-refractivity contribution in [3.05, 3.63) is 17.5 Å². The van der Waals surface area contributed by atoms with E-state index in [9.17, 15) is 4.79 Å². The molecule has 3 aliphatic rings. The van der Waals surface area contributed by atoms with E-state index in [1.807, 2.05) is 22.8 Å². The first kappa shape index (κ1) is 15.9. The average molecular weight is 331 g/mol.